The molecule has 0 saturated heterocycles. The smallest absolute Gasteiger partial charge is 0.264 e. The first-order valence-electron chi connectivity index (χ1n) is 15.3. The van der Waals surface area contributed by atoms with Crippen LogP contribution in [0.2, 0.25) is 5.02 Å². The molecule has 0 bridgehead atoms. The lowest BCUT2D eigenvalue weighted by Crippen LogP contribution is -2.55. The van der Waals surface area contributed by atoms with Gasteiger partial charge in [0, 0.05) is 24.0 Å². The van der Waals surface area contributed by atoms with Crippen molar-refractivity contribution in [3.05, 3.63) is 131 Å². The molecule has 1 aliphatic rings. The second kappa shape index (κ2) is 15.2. The molecule has 4 aromatic carbocycles. The number of sulfonamides is 1. The quantitative estimate of drug-likeness (QED) is 0.188. The SMILES string of the molecule is O=C(NC1CCCCC1)[C@H](Cc1ccccc1)N(Cc1ccccc1)C(=O)CN(c1ccc(Cl)cc1)S(=O)(=O)c1ccccc1. The number of benzene rings is 4. The molecular weight excluding hydrogens is 606 g/mol. The number of carbonyl (C=O) groups is 2. The van der Waals surface area contributed by atoms with Crippen molar-refractivity contribution in [1.29, 1.82) is 0 Å². The summed E-state index contributed by atoms with van der Waals surface area (Å²) in [5.41, 5.74) is 2.03. The largest absolute Gasteiger partial charge is 0.352 e. The van der Waals surface area contributed by atoms with E-state index in [1.807, 2.05) is 60.7 Å². The van der Waals surface area contributed by atoms with E-state index in [9.17, 15) is 18.0 Å². The minimum Gasteiger partial charge on any atom is -0.352 e. The van der Waals surface area contributed by atoms with Crippen molar-refractivity contribution < 1.29 is 18.0 Å². The zero-order valence-corrected chi connectivity index (χ0v) is 26.7. The molecular formula is C36H38ClN3O4S. The second-order valence-electron chi connectivity index (χ2n) is 11.4. The van der Waals surface area contributed by atoms with E-state index in [0.29, 0.717) is 10.7 Å². The first-order chi connectivity index (χ1) is 21.8. The molecule has 45 heavy (non-hydrogen) atoms. The Balaban J connectivity index is 1.54. The summed E-state index contributed by atoms with van der Waals surface area (Å²) in [6.45, 7) is -0.372. The fraction of sp³-hybridized carbons (Fsp3) is 0.278. The van der Waals surface area contributed by atoms with E-state index in [1.165, 1.54) is 17.0 Å². The van der Waals surface area contributed by atoms with Crippen molar-refractivity contribution in [3.63, 3.8) is 0 Å². The maximum Gasteiger partial charge on any atom is 0.264 e. The summed E-state index contributed by atoms with van der Waals surface area (Å²) in [5, 5.41) is 3.67. The lowest BCUT2D eigenvalue weighted by atomic mass is 9.94. The molecule has 0 radical (unpaired) electrons. The lowest BCUT2D eigenvalue weighted by molar-refractivity contribution is -0.140. The van der Waals surface area contributed by atoms with E-state index in [-0.39, 0.29) is 29.8 Å². The minimum atomic E-state index is -4.15. The van der Waals surface area contributed by atoms with Gasteiger partial charge in [-0.15, -0.1) is 0 Å². The van der Waals surface area contributed by atoms with Crippen LogP contribution in [-0.2, 0) is 32.6 Å². The number of nitrogens with zero attached hydrogens (tertiary/aromatic N) is 2. The van der Waals surface area contributed by atoms with Gasteiger partial charge < -0.3 is 10.2 Å². The van der Waals surface area contributed by atoms with Gasteiger partial charge in [-0.1, -0.05) is 110 Å². The van der Waals surface area contributed by atoms with Crippen LogP contribution in [0, 0.1) is 0 Å². The standard InChI is InChI=1S/C36H38ClN3O4S/c37-30-21-23-32(24-22-30)40(45(43,44)33-19-11-4-12-20-33)27-35(41)39(26-29-15-7-2-8-16-29)34(25-28-13-5-1-6-14-28)36(42)38-31-17-9-3-10-18-31/h1-2,4-8,11-16,19-24,31,34H,3,9-10,17-18,25-27H2,(H,38,42)/t34-/m0/s1. The van der Waals surface area contributed by atoms with Gasteiger partial charge in [-0.25, -0.2) is 8.42 Å². The van der Waals surface area contributed by atoms with E-state index in [1.54, 1.807) is 42.5 Å². The zero-order chi connectivity index (χ0) is 31.6. The van der Waals surface area contributed by atoms with Gasteiger partial charge >= 0.3 is 0 Å². The highest BCUT2D eigenvalue weighted by Gasteiger charge is 2.35. The van der Waals surface area contributed by atoms with E-state index < -0.39 is 28.5 Å². The van der Waals surface area contributed by atoms with Crippen LogP contribution in [0.3, 0.4) is 0 Å². The van der Waals surface area contributed by atoms with Crippen LogP contribution < -0.4 is 9.62 Å². The van der Waals surface area contributed by atoms with Gasteiger partial charge in [0.15, 0.2) is 0 Å². The molecule has 2 amide bonds. The Morgan fingerprint density at radius 1 is 0.756 bits per heavy atom. The van der Waals surface area contributed by atoms with Crippen LogP contribution in [0.4, 0.5) is 5.69 Å². The first-order valence-corrected chi connectivity index (χ1v) is 17.1. The molecule has 1 fully saturated rings. The van der Waals surface area contributed by atoms with Crippen molar-refractivity contribution in [1.82, 2.24) is 10.2 Å². The summed E-state index contributed by atoms with van der Waals surface area (Å²) >= 11 is 6.14. The third-order valence-electron chi connectivity index (χ3n) is 8.14. The summed E-state index contributed by atoms with van der Waals surface area (Å²) in [7, 11) is -4.15. The Kier molecular flexibility index (Phi) is 10.9. The van der Waals surface area contributed by atoms with Crippen molar-refractivity contribution in [3.8, 4) is 0 Å². The number of rotatable bonds is 12. The van der Waals surface area contributed by atoms with E-state index in [4.69, 9.17) is 11.6 Å². The third kappa shape index (κ3) is 8.53. The maximum atomic E-state index is 14.5. The molecule has 4 aromatic rings. The van der Waals surface area contributed by atoms with Gasteiger partial charge in [-0.2, -0.15) is 0 Å². The normalized spacial score (nSPS) is 14.3. The Morgan fingerprint density at radius 2 is 1.31 bits per heavy atom. The van der Waals surface area contributed by atoms with Crippen molar-refractivity contribution in [2.24, 2.45) is 0 Å². The average Bonchev–Trinajstić information content (AvgIpc) is 3.07. The average molecular weight is 644 g/mol. The van der Waals surface area contributed by atoms with Crippen LogP contribution >= 0.6 is 11.6 Å². The highest BCUT2D eigenvalue weighted by Crippen LogP contribution is 2.27. The number of anilines is 1. The molecule has 1 N–H and O–H groups in total. The molecule has 0 aliphatic heterocycles. The molecule has 0 aromatic heterocycles. The number of amides is 2. The molecule has 0 unspecified atom stereocenters. The van der Waals surface area contributed by atoms with E-state index >= 15 is 0 Å². The van der Waals surface area contributed by atoms with E-state index in [0.717, 1.165) is 47.5 Å². The van der Waals surface area contributed by atoms with Gasteiger partial charge in [0.2, 0.25) is 11.8 Å². The summed E-state index contributed by atoms with van der Waals surface area (Å²) < 4.78 is 29.2. The summed E-state index contributed by atoms with van der Waals surface area (Å²) in [4.78, 5) is 30.2. The maximum absolute atomic E-state index is 14.5. The number of carbonyl (C=O) groups excluding carboxylic acids is 2. The van der Waals surface area contributed by atoms with Gasteiger partial charge in [0.1, 0.15) is 12.6 Å². The number of halogens is 1. The van der Waals surface area contributed by atoms with Gasteiger partial charge in [0.05, 0.1) is 10.6 Å². The van der Waals surface area contributed by atoms with E-state index in [2.05, 4.69) is 5.32 Å². The Bertz CT molecular complexity index is 1650. The molecule has 5 rings (SSSR count). The number of nitrogens with one attached hydrogen (secondary N) is 1. The highest BCUT2D eigenvalue weighted by molar-refractivity contribution is 7.92. The molecule has 1 aliphatic carbocycles. The molecule has 234 valence electrons. The first kappa shape index (κ1) is 32.3. The van der Waals surface area contributed by atoms with Crippen molar-refractivity contribution in [2.45, 2.75) is 62.0 Å². The van der Waals surface area contributed by atoms with Gasteiger partial charge in [-0.05, 0) is 60.4 Å². The van der Waals surface area contributed by atoms with Crippen LogP contribution in [0.25, 0.3) is 0 Å². The summed E-state index contributed by atoms with van der Waals surface area (Å²) in [6.07, 6.45) is 5.33. The molecule has 9 heteroatoms. The van der Waals surface area contributed by atoms with Crippen molar-refractivity contribution >= 4 is 39.1 Å². The third-order valence-corrected chi connectivity index (χ3v) is 10.2. The van der Waals surface area contributed by atoms with Crippen molar-refractivity contribution in [2.75, 3.05) is 10.8 Å². The summed E-state index contributed by atoms with van der Waals surface area (Å²) in [5.74, 6) is -0.730. The number of hydrogen-bond acceptors (Lipinski definition) is 4. The topological polar surface area (TPSA) is 86.8 Å². The Labute approximate surface area is 270 Å². The van der Waals surface area contributed by atoms with Crippen LogP contribution in [0.1, 0.15) is 43.2 Å². The van der Waals surface area contributed by atoms with Gasteiger partial charge in [-0.3, -0.25) is 13.9 Å². The molecule has 0 heterocycles. The highest BCUT2D eigenvalue weighted by atomic mass is 35.5. The fourth-order valence-corrected chi connectivity index (χ4v) is 7.30. The number of hydrogen-bond donors (Lipinski definition) is 1. The van der Waals surface area contributed by atoms with Crippen LogP contribution in [0.15, 0.2) is 120 Å². The lowest BCUT2D eigenvalue weighted by Gasteiger charge is -2.35. The molecule has 7 nitrogen and oxygen atoms in total. The monoisotopic (exact) mass is 643 g/mol. The Hall–Kier alpha value is -4.14. The predicted octanol–water partition coefficient (Wildman–Crippen LogP) is 6.62. The predicted molar refractivity (Wildman–Crippen MR) is 178 cm³/mol. The summed E-state index contributed by atoms with van der Waals surface area (Å²) in [6, 6.07) is 32.6. The molecule has 0 spiro atoms. The minimum absolute atomic E-state index is 0.0437. The van der Waals surface area contributed by atoms with Crippen LogP contribution in [-0.4, -0.2) is 43.8 Å². The molecule has 1 atom stereocenters. The molecule has 1 saturated carbocycles. The van der Waals surface area contributed by atoms with Gasteiger partial charge in [0.25, 0.3) is 10.0 Å². The second-order valence-corrected chi connectivity index (χ2v) is 13.7. The van der Waals surface area contributed by atoms with Crippen LogP contribution in [0.5, 0.6) is 0 Å². The Morgan fingerprint density at radius 3 is 1.91 bits per heavy atom. The fourth-order valence-electron chi connectivity index (χ4n) is 5.73. The zero-order valence-electron chi connectivity index (χ0n) is 25.1.